The predicted octanol–water partition coefficient (Wildman–Crippen LogP) is 2.78. The molecule has 0 unspecified atom stereocenters. The van der Waals surface area contributed by atoms with Gasteiger partial charge in [0.25, 0.3) is 0 Å². The molecule has 8 heteroatoms. The Bertz CT molecular complexity index is 799. The van der Waals surface area contributed by atoms with Crippen LogP contribution in [0.2, 0.25) is 0 Å². The molecule has 0 radical (unpaired) electrons. The molecule has 0 fully saturated rings. The average molecular weight is 384 g/mol. The second-order valence-corrected chi connectivity index (χ2v) is 8.33. The first-order valence-corrected chi connectivity index (χ1v) is 10.6. The van der Waals surface area contributed by atoms with Crippen LogP contribution in [0.3, 0.4) is 0 Å². The number of sulfonamides is 1. The van der Waals surface area contributed by atoms with Crippen molar-refractivity contribution < 1.29 is 13.2 Å². The van der Waals surface area contributed by atoms with Crippen LogP contribution in [0.15, 0.2) is 28.5 Å². The summed E-state index contributed by atoms with van der Waals surface area (Å²) in [7, 11) is -2.03. The molecule has 1 heterocycles. The fourth-order valence-corrected chi connectivity index (χ4v) is 4.49. The van der Waals surface area contributed by atoms with Gasteiger partial charge in [0.05, 0.1) is 24.2 Å². The van der Waals surface area contributed by atoms with Gasteiger partial charge in [-0.25, -0.2) is 18.1 Å². The second-order valence-electron chi connectivity index (χ2n) is 5.65. The van der Waals surface area contributed by atoms with Crippen molar-refractivity contribution in [1.82, 2.24) is 14.6 Å². The van der Waals surface area contributed by atoms with Crippen molar-refractivity contribution in [3.05, 3.63) is 39.8 Å². The lowest BCUT2D eigenvalue weighted by atomic mass is 10.2. The number of benzene rings is 1. The first-order chi connectivity index (χ1) is 11.9. The Morgan fingerprint density at radius 3 is 2.60 bits per heavy atom. The molecule has 2 rings (SSSR count). The summed E-state index contributed by atoms with van der Waals surface area (Å²) in [5.41, 5.74) is 1.62. The van der Waals surface area contributed by atoms with Gasteiger partial charge in [-0.1, -0.05) is 13.8 Å². The Balaban J connectivity index is 2.04. The Kier molecular flexibility index (Phi) is 6.95. The molecule has 6 nitrogen and oxygen atoms in total. The minimum atomic E-state index is -3.59. The third kappa shape index (κ3) is 5.24. The molecule has 0 saturated carbocycles. The van der Waals surface area contributed by atoms with Crippen LogP contribution < -0.4 is 9.46 Å². The van der Waals surface area contributed by atoms with Crippen molar-refractivity contribution >= 4 is 21.4 Å². The van der Waals surface area contributed by atoms with Crippen LogP contribution >= 0.6 is 11.3 Å². The Morgan fingerprint density at radius 1 is 1.28 bits per heavy atom. The Labute approximate surface area is 153 Å². The summed E-state index contributed by atoms with van der Waals surface area (Å²) < 4.78 is 32.8. The summed E-state index contributed by atoms with van der Waals surface area (Å²) in [6.45, 7) is 8.89. The number of aryl methyl sites for hydroxylation is 1. The van der Waals surface area contributed by atoms with Crippen LogP contribution in [-0.2, 0) is 23.1 Å². The highest BCUT2D eigenvalue weighted by Crippen LogP contribution is 2.21. The molecule has 1 aromatic carbocycles. The standard InChI is InChI=1S/C17H25N3O3S2/c1-5-20(6-2)11-14-12-24-17(19-14)10-18-25(21,22)16-8-7-15(23-4)9-13(16)3/h7-9,12,18H,5-6,10-11H2,1-4H3. The zero-order valence-electron chi connectivity index (χ0n) is 15.1. The van der Waals surface area contributed by atoms with Crippen molar-refractivity contribution in [2.24, 2.45) is 0 Å². The van der Waals surface area contributed by atoms with Gasteiger partial charge in [0.1, 0.15) is 10.8 Å². The lowest BCUT2D eigenvalue weighted by molar-refractivity contribution is 0.292. The predicted molar refractivity (Wildman–Crippen MR) is 100 cm³/mol. The number of thiazole rings is 1. The highest BCUT2D eigenvalue weighted by molar-refractivity contribution is 7.89. The number of methoxy groups -OCH3 is 1. The van der Waals surface area contributed by atoms with Crippen LogP contribution in [0, 0.1) is 6.92 Å². The molecule has 0 aliphatic carbocycles. The maximum Gasteiger partial charge on any atom is 0.241 e. The van der Waals surface area contributed by atoms with E-state index in [9.17, 15) is 8.42 Å². The van der Waals surface area contributed by atoms with E-state index in [-0.39, 0.29) is 11.4 Å². The van der Waals surface area contributed by atoms with Gasteiger partial charge in [-0.15, -0.1) is 11.3 Å². The highest BCUT2D eigenvalue weighted by atomic mass is 32.2. The van der Waals surface area contributed by atoms with Crippen LogP contribution in [0.1, 0.15) is 30.1 Å². The zero-order valence-corrected chi connectivity index (χ0v) is 16.7. The van der Waals surface area contributed by atoms with Gasteiger partial charge in [-0.3, -0.25) is 4.90 Å². The summed E-state index contributed by atoms with van der Waals surface area (Å²) in [6.07, 6.45) is 0. The largest absolute Gasteiger partial charge is 0.497 e. The lowest BCUT2D eigenvalue weighted by Gasteiger charge is -2.15. The van der Waals surface area contributed by atoms with E-state index >= 15 is 0 Å². The van der Waals surface area contributed by atoms with Crippen molar-refractivity contribution in [2.75, 3.05) is 20.2 Å². The van der Waals surface area contributed by atoms with Crippen molar-refractivity contribution in [3.63, 3.8) is 0 Å². The van der Waals surface area contributed by atoms with Crippen LogP contribution in [0.5, 0.6) is 5.75 Å². The lowest BCUT2D eigenvalue weighted by Crippen LogP contribution is -2.24. The SMILES string of the molecule is CCN(CC)Cc1csc(CNS(=O)(=O)c2ccc(OC)cc2C)n1. The fourth-order valence-electron chi connectivity index (χ4n) is 2.46. The summed E-state index contributed by atoms with van der Waals surface area (Å²) in [4.78, 5) is 7.05. The van der Waals surface area contributed by atoms with E-state index in [0.717, 1.165) is 30.3 Å². The summed E-state index contributed by atoms with van der Waals surface area (Å²) in [5, 5.41) is 2.75. The Morgan fingerprint density at radius 2 is 2.00 bits per heavy atom. The molecule has 25 heavy (non-hydrogen) atoms. The highest BCUT2D eigenvalue weighted by Gasteiger charge is 2.18. The van der Waals surface area contributed by atoms with Crippen LogP contribution in [-0.4, -0.2) is 38.5 Å². The molecular formula is C17H25N3O3S2. The van der Waals surface area contributed by atoms with Crippen molar-refractivity contribution in [2.45, 2.75) is 38.8 Å². The number of hydrogen-bond acceptors (Lipinski definition) is 6. The van der Waals surface area contributed by atoms with E-state index in [0.29, 0.717) is 11.3 Å². The molecule has 2 aromatic rings. The molecule has 0 aliphatic rings. The molecule has 0 aliphatic heterocycles. The summed E-state index contributed by atoms with van der Waals surface area (Å²) in [5.74, 6) is 0.636. The molecule has 1 aromatic heterocycles. The van der Waals surface area contributed by atoms with Gasteiger partial charge in [0.2, 0.25) is 10.0 Å². The third-order valence-corrected chi connectivity index (χ3v) is 6.42. The normalized spacial score (nSPS) is 11.9. The second kappa shape index (κ2) is 8.75. The maximum atomic E-state index is 12.5. The van der Waals surface area contributed by atoms with E-state index in [1.165, 1.54) is 11.3 Å². The number of ether oxygens (including phenoxy) is 1. The van der Waals surface area contributed by atoms with E-state index in [1.54, 1.807) is 32.2 Å². The zero-order chi connectivity index (χ0) is 18.4. The summed E-state index contributed by atoms with van der Waals surface area (Å²) in [6, 6.07) is 4.91. The quantitative estimate of drug-likeness (QED) is 0.721. The monoisotopic (exact) mass is 383 g/mol. The molecule has 0 saturated heterocycles. The van der Waals surface area contributed by atoms with Gasteiger partial charge in [-0.2, -0.15) is 0 Å². The summed E-state index contributed by atoms with van der Waals surface area (Å²) >= 11 is 1.47. The molecule has 0 bridgehead atoms. The molecule has 0 spiro atoms. The smallest absolute Gasteiger partial charge is 0.241 e. The van der Waals surface area contributed by atoms with Gasteiger partial charge in [0.15, 0.2) is 0 Å². The number of rotatable bonds is 9. The van der Waals surface area contributed by atoms with Gasteiger partial charge >= 0.3 is 0 Å². The Hall–Kier alpha value is -1.48. The molecule has 0 amide bonds. The van der Waals surface area contributed by atoms with Crippen molar-refractivity contribution in [1.29, 1.82) is 0 Å². The van der Waals surface area contributed by atoms with Gasteiger partial charge < -0.3 is 4.74 Å². The van der Waals surface area contributed by atoms with Gasteiger partial charge in [-0.05, 0) is 43.8 Å². The number of hydrogen-bond donors (Lipinski definition) is 1. The maximum absolute atomic E-state index is 12.5. The van der Waals surface area contributed by atoms with E-state index < -0.39 is 10.0 Å². The van der Waals surface area contributed by atoms with Crippen molar-refractivity contribution in [3.8, 4) is 5.75 Å². The average Bonchev–Trinajstić information content (AvgIpc) is 3.05. The molecule has 0 atom stereocenters. The third-order valence-electron chi connectivity index (χ3n) is 3.96. The topological polar surface area (TPSA) is 71.5 Å². The molecule has 1 N–H and O–H groups in total. The number of aromatic nitrogens is 1. The van der Waals surface area contributed by atoms with E-state index in [2.05, 4.69) is 28.5 Å². The minimum absolute atomic E-state index is 0.191. The first kappa shape index (κ1) is 19.8. The first-order valence-electron chi connectivity index (χ1n) is 8.19. The van der Waals surface area contributed by atoms with Crippen LogP contribution in [0.25, 0.3) is 0 Å². The molecule has 138 valence electrons. The minimum Gasteiger partial charge on any atom is -0.497 e. The fraction of sp³-hybridized carbons (Fsp3) is 0.471. The van der Waals surface area contributed by atoms with Crippen LogP contribution in [0.4, 0.5) is 0 Å². The molecular weight excluding hydrogens is 358 g/mol. The van der Waals surface area contributed by atoms with E-state index in [1.807, 2.05) is 5.38 Å². The number of nitrogens with one attached hydrogen (secondary N) is 1. The number of nitrogens with zero attached hydrogens (tertiary/aromatic N) is 2. The van der Waals surface area contributed by atoms with Gasteiger partial charge in [0, 0.05) is 11.9 Å². The van der Waals surface area contributed by atoms with E-state index in [4.69, 9.17) is 4.74 Å².